The number of likely N-dealkylation sites (N-methyl/N-ethyl adjacent to an activating group) is 1. The molecule has 0 aromatic carbocycles. The van der Waals surface area contributed by atoms with E-state index in [-0.39, 0.29) is 6.04 Å². The van der Waals surface area contributed by atoms with Gasteiger partial charge in [0, 0.05) is 0 Å². The van der Waals surface area contributed by atoms with Crippen molar-refractivity contribution in [1.29, 1.82) is 0 Å². The molecule has 70 valence electrons. The predicted molar refractivity (Wildman–Crippen MR) is 44.2 cm³/mol. The molecule has 0 amide bonds. The molecule has 12 heavy (non-hydrogen) atoms. The van der Waals surface area contributed by atoms with Crippen molar-refractivity contribution >= 4 is 5.97 Å². The van der Waals surface area contributed by atoms with E-state index >= 15 is 0 Å². The summed E-state index contributed by atoms with van der Waals surface area (Å²) in [6.07, 6.45) is 3.54. The molecule has 1 aliphatic heterocycles. The van der Waals surface area contributed by atoms with Gasteiger partial charge in [0.05, 0.1) is 26.1 Å². The number of carboxylic acid groups (broad SMARTS) is 1. The van der Waals surface area contributed by atoms with Gasteiger partial charge in [0.25, 0.3) is 0 Å². The molecule has 0 saturated carbocycles. The van der Waals surface area contributed by atoms with E-state index < -0.39 is 5.97 Å². The zero-order chi connectivity index (χ0) is 9.19. The molecule has 0 bridgehead atoms. The van der Waals surface area contributed by atoms with Gasteiger partial charge in [-0.3, -0.25) is 0 Å². The van der Waals surface area contributed by atoms with E-state index in [9.17, 15) is 9.90 Å². The molecule has 0 radical (unpaired) electrons. The Morgan fingerprint density at radius 1 is 1.33 bits per heavy atom. The molecule has 1 atom stereocenters. The third kappa shape index (κ3) is 1.78. The van der Waals surface area contributed by atoms with Gasteiger partial charge < -0.3 is 14.4 Å². The lowest BCUT2D eigenvalue weighted by atomic mass is 10.1. The van der Waals surface area contributed by atoms with Crippen LogP contribution in [-0.4, -0.2) is 36.6 Å². The van der Waals surface area contributed by atoms with Gasteiger partial charge in [-0.1, -0.05) is 0 Å². The molecule has 0 N–H and O–H groups in total. The van der Waals surface area contributed by atoms with Crippen molar-refractivity contribution < 1.29 is 14.4 Å². The maximum absolute atomic E-state index is 10.7. The number of nitrogens with zero attached hydrogens (tertiary/aromatic N) is 1. The minimum atomic E-state index is -0.917. The van der Waals surface area contributed by atoms with Gasteiger partial charge in [0.15, 0.2) is 0 Å². The highest BCUT2D eigenvalue weighted by atomic mass is 16.4. The van der Waals surface area contributed by atoms with Gasteiger partial charge in [-0.25, -0.2) is 0 Å². The number of hydrogen-bond acceptors (Lipinski definition) is 2. The normalized spacial score (nSPS) is 24.8. The third-order valence-electron chi connectivity index (χ3n) is 3.11. The highest BCUT2D eigenvalue weighted by Crippen LogP contribution is 2.19. The van der Waals surface area contributed by atoms with Crippen molar-refractivity contribution in [2.45, 2.75) is 32.2 Å². The lowest BCUT2D eigenvalue weighted by Gasteiger charge is -2.43. The Morgan fingerprint density at radius 3 is 2.25 bits per heavy atom. The molecular formula is C9H17NO2. The van der Waals surface area contributed by atoms with E-state index in [1.165, 1.54) is 6.42 Å². The first-order valence-electron chi connectivity index (χ1n) is 4.61. The van der Waals surface area contributed by atoms with Gasteiger partial charge in [-0.15, -0.1) is 0 Å². The molecule has 0 spiro atoms. The van der Waals surface area contributed by atoms with Crippen LogP contribution in [0.3, 0.4) is 0 Å². The van der Waals surface area contributed by atoms with Crippen LogP contribution >= 0.6 is 0 Å². The molecule has 0 aliphatic carbocycles. The summed E-state index contributed by atoms with van der Waals surface area (Å²) in [6, 6.07) is -0.356. The second kappa shape index (κ2) is 3.44. The fourth-order valence-corrected chi connectivity index (χ4v) is 1.88. The van der Waals surface area contributed by atoms with Gasteiger partial charge in [-0.05, 0) is 26.2 Å². The second-order valence-corrected chi connectivity index (χ2v) is 3.98. The van der Waals surface area contributed by atoms with Gasteiger partial charge >= 0.3 is 0 Å². The smallest absolute Gasteiger partial charge is 0.126 e. The Bertz CT molecular complexity index is 173. The number of piperidine rings is 1. The topological polar surface area (TPSA) is 40.1 Å². The SMILES string of the molecule is CC(C(=O)[O-])[N+]1(C)CCCCC1. The minimum absolute atomic E-state index is 0.356. The van der Waals surface area contributed by atoms with Crippen LogP contribution in [0.15, 0.2) is 0 Å². The molecule has 3 nitrogen and oxygen atoms in total. The predicted octanol–water partition coefficient (Wildman–Crippen LogP) is -0.245. The number of hydrogen-bond donors (Lipinski definition) is 0. The Kier molecular flexibility index (Phi) is 2.73. The van der Waals surface area contributed by atoms with Crippen LogP contribution in [0, 0.1) is 0 Å². The summed E-state index contributed by atoms with van der Waals surface area (Å²) in [5.74, 6) is -0.917. The number of carboxylic acids is 1. The monoisotopic (exact) mass is 171 g/mol. The van der Waals surface area contributed by atoms with Crippen molar-refractivity contribution in [3.8, 4) is 0 Å². The summed E-state index contributed by atoms with van der Waals surface area (Å²) in [6.45, 7) is 3.71. The van der Waals surface area contributed by atoms with E-state index in [0.29, 0.717) is 4.48 Å². The number of aliphatic carboxylic acids is 1. The van der Waals surface area contributed by atoms with Crippen molar-refractivity contribution in [2.75, 3.05) is 20.1 Å². The average Bonchev–Trinajstić information content (AvgIpc) is 2.04. The zero-order valence-corrected chi connectivity index (χ0v) is 7.88. The molecule has 1 saturated heterocycles. The van der Waals surface area contributed by atoms with Crippen molar-refractivity contribution in [1.82, 2.24) is 0 Å². The summed E-state index contributed by atoms with van der Waals surface area (Å²) >= 11 is 0. The van der Waals surface area contributed by atoms with E-state index in [1.807, 2.05) is 7.05 Å². The van der Waals surface area contributed by atoms with Crippen molar-refractivity contribution in [2.24, 2.45) is 0 Å². The Hall–Kier alpha value is -0.570. The fourth-order valence-electron chi connectivity index (χ4n) is 1.88. The number of carbonyl (C=O) groups excluding carboxylic acids is 1. The summed E-state index contributed by atoms with van der Waals surface area (Å²) in [4.78, 5) is 10.7. The summed E-state index contributed by atoms with van der Waals surface area (Å²) in [5, 5.41) is 10.7. The summed E-state index contributed by atoms with van der Waals surface area (Å²) in [7, 11) is 2.01. The second-order valence-electron chi connectivity index (χ2n) is 3.98. The van der Waals surface area contributed by atoms with Gasteiger partial charge in [0.2, 0.25) is 0 Å². The quantitative estimate of drug-likeness (QED) is 0.538. The Balaban J connectivity index is 2.62. The molecule has 1 aliphatic rings. The summed E-state index contributed by atoms with van der Waals surface area (Å²) < 4.78 is 0.655. The molecule has 1 fully saturated rings. The van der Waals surface area contributed by atoms with E-state index in [2.05, 4.69) is 0 Å². The molecule has 0 aromatic heterocycles. The van der Waals surface area contributed by atoms with Crippen LogP contribution in [0.4, 0.5) is 0 Å². The molecule has 1 unspecified atom stereocenters. The van der Waals surface area contributed by atoms with Gasteiger partial charge in [0.1, 0.15) is 6.04 Å². The minimum Gasteiger partial charge on any atom is -0.544 e. The Morgan fingerprint density at radius 2 is 1.83 bits per heavy atom. The number of carbonyl (C=O) groups is 1. The maximum Gasteiger partial charge on any atom is 0.126 e. The Labute approximate surface area is 73.6 Å². The van der Waals surface area contributed by atoms with Crippen LogP contribution < -0.4 is 5.11 Å². The lowest BCUT2D eigenvalue weighted by molar-refractivity contribution is -0.929. The lowest BCUT2D eigenvalue weighted by Crippen LogP contribution is -2.60. The molecule has 0 aromatic rings. The van der Waals surface area contributed by atoms with Crippen LogP contribution in [-0.2, 0) is 4.79 Å². The average molecular weight is 171 g/mol. The first-order chi connectivity index (χ1) is 5.56. The fraction of sp³-hybridized carbons (Fsp3) is 0.889. The number of likely N-dealkylation sites (tertiary alicyclic amines) is 1. The molecule has 3 heteroatoms. The van der Waals surface area contributed by atoms with Crippen molar-refractivity contribution in [3.63, 3.8) is 0 Å². The van der Waals surface area contributed by atoms with Crippen LogP contribution in [0.2, 0.25) is 0 Å². The first-order valence-corrected chi connectivity index (χ1v) is 4.61. The van der Waals surface area contributed by atoms with Crippen molar-refractivity contribution in [3.05, 3.63) is 0 Å². The first kappa shape index (κ1) is 9.52. The largest absolute Gasteiger partial charge is 0.544 e. The van der Waals surface area contributed by atoms with Crippen LogP contribution in [0.25, 0.3) is 0 Å². The number of rotatable bonds is 2. The van der Waals surface area contributed by atoms with E-state index in [1.54, 1.807) is 6.92 Å². The zero-order valence-electron chi connectivity index (χ0n) is 7.88. The van der Waals surface area contributed by atoms with Crippen LogP contribution in [0.1, 0.15) is 26.2 Å². The van der Waals surface area contributed by atoms with Gasteiger partial charge in [-0.2, -0.15) is 0 Å². The third-order valence-corrected chi connectivity index (χ3v) is 3.11. The maximum atomic E-state index is 10.7. The standard InChI is InChI=1S/C9H17NO2/c1-8(9(11)12)10(2)6-4-3-5-7-10/h8H,3-7H2,1-2H3. The number of quaternary nitrogens is 1. The molecule has 1 rings (SSSR count). The highest BCUT2D eigenvalue weighted by Gasteiger charge is 2.31. The van der Waals surface area contributed by atoms with Crippen LogP contribution in [0.5, 0.6) is 0 Å². The van der Waals surface area contributed by atoms with E-state index in [0.717, 1.165) is 25.9 Å². The summed E-state index contributed by atoms with van der Waals surface area (Å²) in [5.41, 5.74) is 0. The molecular weight excluding hydrogens is 154 g/mol. The highest BCUT2D eigenvalue weighted by molar-refractivity contribution is 5.69. The molecule has 1 heterocycles. The van der Waals surface area contributed by atoms with E-state index in [4.69, 9.17) is 0 Å².